The topological polar surface area (TPSA) is 119 Å². The number of rotatable bonds is 7. The van der Waals surface area contributed by atoms with E-state index in [1.807, 2.05) is 24.3 Å². The van der Waals surface area contributed by atoms with Gasteiger partial charge in [0.1, 0.15) is 24.6 Å². The Morgan fingerprint density at radius 1 is 0.971 bits per heavy atom. The number of carbonyl (C=O) groups excluding carboxylic acids is 3. The zero-order chi connectivity index (χ0) is 25.4. The third kappa shape index (κ3) is 4.38. The maximum atomic E-state index is 13.4. The van der Waals surface area contributed by atoms with Gasteiger partial charge in [0.05, 0.1) is 10.7 Å². The number of carbonyl (C=O) groups is 3. The molecule has 1 N–H and O–H groups in total. The molecule has 186 valence electrons. The Morgan fingerprint density at radius 3 is 2.03 bits per heavy atom. The molecule has 9 nitrogen and oxygen atoms in total. The molecule has 2 amide bonds. The van der Waals surface area contributed by atoms with Gasteiger partial charge in [0.25, 0.3) is 0 Å². The molecule has 0 radical (unpaired) electrons. The quantitative estimate of drug-likeness (QED) is 0.458. The van der Waals surface area contributed by atoms with Crippen LogP contribution < -0.4 is 5.32 Å². The van der Waals surface area contributed by atoms with Gasteiger partial charge in [-0.3, -0.25) is 4.79 Å². The van der Waals surface area contributed by atoms with Crippen LogP contribution in [0.1, 0.15) is 31.9 Å². The SMILES string of the molecule is CC(NC(=O)OCc1ccccc1)[C@@H]1C(=O)N2[C@@H](C(=O)OCc3ccccc3)C(C)(C)S(=O)(=O)[C@H]12. The highest BCUT2D eigenvalue weighted by Crippen LogP contribution is 2.49. The molecule has 0 saturated carbocycles. The minimum absolute atomic E-state index is 0.0341. The predicted molar refractivity (Wildman–Crippen MR) is 126 cm³/mol. The Kier molecular flexibility index (Phi) is 6.59. The molecule has 2 aliphatic rings. The number of β-lactam (4-membered cyclic amide) rings is 1. The standard InChI is InChI=1S/C25H28N2O7S/c1-16(26-24(30)34-15-18-12-8-5-9-13-18)19-21(28)27-20(25(2,3)35(31,32)22(19)27)23(29)33-14-17-10-6-4-7-11-17/h4-13,16,19-20,22H,14-15H2,1-3H3,(H,26,30)/t16?,19-,20+,22-/m1/s1. The zero-order valence-electron chi connectivity index (χ0n) is 19.7. The fourth-order valence-corrected chi connectivity index (χ4v) is 7.04. The maximum absolute atomic E-state index is 13.4. The van der Waals surface area contributed by atoms with Gasteiger partial charge in [0.15, 0.2) is 9.84 Å². The number of sulfone groups is 1. The fourth-order valence-electron chi connectivity index (χ4n) is 4.64. The number of alkyl carbamates (subject to hydrolysis) is 1. The van der Waals surface area contributed by atoms with Gasteiger partial charge in [-0.05, 0) is 31.9 Å². The second-order valence-electron chi connectivity index (χ2n) is 9.30. The molecular weight excluding hydrogens is 472 g/mol. The van der Waals surface area contributed by atoms with Crippen LogP contribution in [0.4, 0.5) is 4.79 Å². The number of hydrogen-bond acceptors (Lipinski definition) is 7. The average Bonchev–Trinajstić information content (AvgIpc) is 2.97. The molecule has 0 bridgehead atoms. The van der Waals surface area contributed by atoms with Crippen LogP contribution in [0.5, 0.6) is 0 Å². The van der Waals surface area contributed by atoms with Crippen LogP contribution in [0.2, 0.25) is 0 Å². The summed E-state index contributed by atoms with van der Waals surface area (Å²) in [5.74, 6) is -2.34. The first-order valence-corrected chi connectivity index (χ1v) is 12.8. The van der Waals surface area contributed by atoms with Crippen LogP contribution in [-0.2, 0) is 42.1 Å². The monoisotopic (exact) mass is 500 g/mol. The lowest BCUT2D eigenvalue weighted by Gasteiger charge is -2.45. The first-order valence-electron chi connectivity index (χ1n) is 11.3. The number of benzene rings is 2. The molecule has 2 aliphatic heterocycles. The van der Waals surface area contributed by atoms with E-state index in [-0.39, 0.29) is 13.2 Å². The molecule has 10 heteroatoms. The van der Waals surface area contributed by atoms with E-state index in [2.05, 4.69) is 5.32 Å². The highest BCUT2D eigenvalue weighted by Gasteiger charge is 2.73. The van der Waals surface area contributed by atoms with Gasteiger partial charge in [0.2, 0.25) is 5.91 Å². The van der Waals surface area contributed by atoms with Crippen molar-refractivity contribution in [3.63, 3.8) is 0 Å². The van der Waals surface area contributed by atoms with Crippen molar-refractivity contribution in [2.75, 3.05) is 0 Å². The fraction of sp³-hybridized carbons (Fsp3) is 0.400. The molecule has 2 saturated heterocycles. The predicted octanol–water partition coefficient (Wildman–Crippen LogP) is 2.40. The van der Waals surface area contributed by atoms with Crippen LogP contribution in [0, 0.1) is 5.92 Å². The number of amides is 2. The Balaban J connectivity index is 1.44. The van der Waals surface area contributed by atoms with Crippen molar-refractivity contribution < 1.29 is 32.3 Å². The van der Waals surface area contributed by atoms with Gasteiger partial charge in [0, 0.05) is 6.04 Å². The van der Waals surface area contributed by atoms with Gasteiger partial charge in [-0.1, -0.05) is 60.7 Å². The normalized spacial score (nSPS) is 24.6. The van der Waals surface area contributed by atoms with E-state index >= 15 is 0 Å². The number of fused-ring (bicyclic) bond motifs is 1. The molecule has 35 heavy (non-hydrogen) atoms. The Hall–Kier alpha value is -3.40. The van der Waals surface area contributed by atoms with Crippen molar-refractivity contribution in [1.82, 2.24) is 10.2 Å². The van der Waals surface area contributed by atoms with Crippen LogP contribution in [-0.4, -0.2) is 53.5 Å². The van der Waals surface area contributed by atoms with E-state index in [9.17, 15) is 22.8 Å². The molecule has 4 rings (SSSR count). The van der Waals surface area contributed by atoms with Crippen LogP contribution in [0.15, 0.2) is 60.7 Å². The second kappa shape index (κ2) is 9.33. The molecule has 2 aromatic carbocycles. The van der Waals surface area contributed by atoms with Crippen molar-refractivity contribution in [3.8, 4) is 0 Å². The van der Waals surface area contributed by atoms with E-state index in [4.69, 9.17) is 9.47 Å². The lowest BCUT2D eigenvalue weighted by Crippen LogP contribution is -2.68. The summed E-state index contributed by atoms with van der Waals surface area (Å²) in [5.41, 5.74) is 1.54. The Morgan fingerprint density at radius 2 is 1.49 bits per heavy atom. The zero-order valence-corrected chi connectivity index (χ0v) is 20.5. The lowest BCUT2D eigenvalue weighted by atomic mass is 9.87. The summed E-state index contributed by atoms with van der Waals surface area (Å²) in [6, 6.07) is 16.0. The summed E-state index contributed by atoms with van der Waals surface area (Å²) in [4.78, 5) is 39.4. The van der Waals surface area contributed by atoms with Gasteiger partial charge < -0.3 is 19.7 Å². The van der Waals surface area contributed by atoms with Gasteiger partial charge in [-0.15, -0.1) is 0 Å². The third-order valence-electron chi connectivity index (χ3n) is 6.65. The van der Waals surface area contributed by atoms with Crippen molar-refractivity contribution >= 4 is 27.8 Å². The summed E-state index contributed by atoms with van der Waals surface area (Å²) >= 11 is 0. The molecular formula is C25H28N2O7S. The van der Waals surface area contributed by atoms with Gasteiger partial charge >= 0.3 is 12.1 Å². The summed E-state index contributed by atoms with van der Waals surface area (Å²) in [5, 5.41) is 1.33. The van der Waals surface area contributed by atoms with Crippen LogP contribution >= 0.6 is 0 Å². The van der Waals surface area contributed by atoms with Crippen molar-refractivity contribution in [2.24, 2.45) is 5.92 Å². The number of ether oxygens (including phenoxy) is 2. The molecule has 0 spiro atoms. The van der Waals surface area contributed by atoms with Crippen molar-refractivity contribution in [2.45, 2.75) is 56.2 Å². The smallest absolute Gasteiger partial charge is 0.407 e. The maximum Gasteiger partial charge on any atom is 0.407 e. The van der Waals surface area contributed by atoms with Crippen molar-refractivity contribution in [1.29, 1.82) is 0 Å². The van der Waals surface area contributed by atoms with E-state index in [0.717, 1.165) is 16.0 Å². The number of nitrogens with zero attached hydrogens (tertiary/aromatic N) is 1. The minimum Gasteiger partial charge on any atom is -0.459 e. The van der Waals surface area contributed by atoms with Crippen LogP contribution in [0.3, 0.4) is 0 Å². The summed E-state index contributed by atoms with van der Waals surface area (Å²) in [6.07, 6.45) is -0.763. The first-order chi connectivity index (χ1) is 16.6. The first kappa shape index (κ1) is 24.7. The van der Waals surface area contributed by atoms with Gasteiger partial charge in [-0.2, -0.15) is 0 Å². The third-order valence-corrected chi connectivity index (χ3v) is 9.50. The Labute approximate surface area is 204 Å². The Bertz CT molecular complexity index is 1210. The highest BCUT2D eigenvalue weighted by molar-refractivity contribution is 7.93. The summed E-state index contributed by atoms with van der Waals surface area (Å²) < 4.78 is 35.8. The molecule has 0 aliphatic carbocycles. The second-order valence-corrected chi connectivity index (χ2v) is 11.9. The van der Waals surface area contributed by atoms with Crippen LogP contribution in [0.25, 0.3) is 0 Å². The molecule has 4 atom stereocenters. The summed E-state index contributed by atoms with van der Waals surface area (Å²) in [7, 11) is -3.95. The number of hydrogen-bond donors (Lipinski definition) is 1. The molecule has 2 fully saturated rings. The van der Waals surface area contributed by atoms with E-state index in [1.165, 1.54) is 13.8 Å². The molecule has 0 aromatic heterocycles. The van der Waals surface area contributed by atoms with E-state index < -0.39 is 55.9 Å². The lowest BCUT2D eigenvalue weighted by molar-refractivity contribution is -0.168. The van der Waals surface area contributed by atoms with E-state index in [1.54, 1.807) is 43.3 Å². The number of nitrogens with one attached hydrogen (secondary N) is 1. The average molecular weight is 501 g/mol. The van der Waals surface area contributed by atoms with Gasteiger partial charge in [-0.25, -0.2) is 18.0 Å². The molecule has 1 unspecified atom stereocenters. The molecule has 2 heterocycles. The minimum atomic E-state index is -3.95. The number of esters is 1. The molecule has 2 aromatic rings. The summed E-state index contributed by atoms with van der Waals surface area (Å²) in [6.45, 7) is 4.40. The largest absolute Gasteiger partial charge is 0.459 e. The highest BCUT2D eigenvalue weighted by atomic mass is 32.2. The van der Waals surface area contributed by atoms with E-state index in [0.29, 0.717) is 0 Å². The van der Waals surface area contributed by atoms with Crippen molar-refractivity contribution in [3.05, 3.63) is 71.8 Å².